The van der Waals surface area contributed by atoms with E-state index in [2.05, 4.69) is 4.98 Å². The number of aromatic nitrogens is 2. The van der Waals surface area contributed by atoms with Gasteiger partial charge in [0.2, 0.25) is 6.79 Å². The van der Waals surface area contributed by atoms with Crippen LogP contribution >= 0.6 is 0 Å². The fourth-order valence-electron chi connectivity index (χ4n) is 1.16. The summed E-state index contributed by atoms with van der Waals surface area (Å²) in [6.45, 7) is 0.235. The molecule has 2 rings (SSSR count). The third kappa shape index (κ3) is 1.48. The molecule has 0 radical (unpaired) electrons. The van der Waals surface area contributed by atoms with E-state index in [1.54, 1.807) is 18.0 Å². The maximum Gasteiger partial charge on any atom is 0.214 e. The fraction of sp³-hybridized carbons (Fsp3) is 0.222. The quantitative estimate of drug-likeness (QED) is 0.659. The molecule has 0 atom stereocenters. The van der Waals surface area contributed by atoms with Gasteiger partial charge in [-0.3, -0.25) is 4.98 Å². The average Bonchev–Trinajstić information content (AvgIpc) is 2.58. The molecule has 0 amide bonds. The van der Waals surface area contributed by atoms with Crippen LogP contribution < -0.4 is 4.84 Å². The van der Waals surface area contributed by atoms with Crippen molar-refractivity contribution >= 4 is 11.0 Å². The summed E-state index contributed by atoms with van der Waals surface area (Å²) in [5.41, 5.74) is 1.86. The summed E-state index contributed by atoms with van der Waals surface area (Å²) >= 11 is 0. The van der Waals surface area contributed by atoms with Gasteiger partial charge in [-0.25, -0.2) is 0 Å². The van der Waals surface area contributed by atoms with Gasteiger partial charge >= 0.3 is 0 Å². The Labute approximate surface area is 75.7 Å². The second-order valence-electron chi connectivity index (χ2n) is 2.58. The maximum atomic E-state index is 5.26. The molecule has 13 heavy (non-hydrogen) atoms. The van der Waals surface area contributed by atoms with Gasteiger partial charge < -0.3 is 9.57 Å². The van der Waals surface area contributed by atoms with Gasteiger partial charge in [0.05, 0.1) is 5.52 Å². The average molecular weight is 178 g/mol. The summed E-state index contributed by atoms with van der Waals surface area (Å²) in [7, 11) is 1.59. The number of rotatable bonds is 3. The van der Waals surface area contributed by atoms with Crippen molar-refractivity contribution in [1.29, 1.82) is 0 Å². The molecule has 2 aromatic rings. The maximum absolute atomic E-state index is 5.26. The first kappa shape index (κ1) is 8.07. The molecule has 0 saturated heterocycles. The van der Waals surface area contributed by atoms with Crippen molar-refractivity contribution in [3.63, 3.8) is 0 Å². The highest BCUT2D eigenvalue weighted by atomic mass is 16.8. The molecule has 68 valence electrons. The number of fused-ring (bicyclic) bond motifs is 1. The predicted octanol–water partition coefficient (Wildman–Crippen LogP) is 1.07. The molecule has 2 aromatic heterocycles. The lowest BCUT2D eigenvalue weighted by Crippen LogP contribution is -2.12. The molecule has 4 nitrogen and oxygen atoms in total. The monoisotopic (exact) mass is 178 g/mol. The van der Waals surface area contributed by atoms with E-state index in [4.69, 9.17) is 9.57 Å². The molecule has 0 saturated carbocycles. The van der Waals surface area contributed by atoms with Gasteiger partial charge in [0.1, 0.15) is 5.52 Å². The predicted molar refractivity (Wildman–Crippen MR) is 48.2 cm³/mol. The first-order chi connectivity index (χ1) is 6.42. The lowest BCUT2D eigenvalue weighted by molar-refractivity contribution is -0.0333. The Morgan fingerprint density at radius 2 is 2.38 bits per heavy atom. The normalized spacial score (nSPS) is 10.5. The second-order valence-corrected chi connectivity index (χ2v) is 2.58. The van der Waals surface area contributed by atoms with Crippen molar-refractivity contribution in [2.75, 3.05) is 13.9 Å². The van der Waals surface area contributed by atoms with Gasteiger partial charge in [0, 0.05) is 19.5 Å². The van der Waals surface area contributed by atoms with Crippen LogP contribution in [-0.4, -0.2) is 23.6 Å². The van der Waals surface area contributed by atoms with Crippen LogP contribution in [0.2, 0.25) is 0 Å². The Hall–Kier alpha value is -1.55. The summed E-state index contributed by atoms with van der Waals surface area (Å²) in [6, 6.07) is 5.71. The molecular weight excluding hydrogens is 168 g/mol. The Bertz CT molecular complexity index is 397. The van der Waals surface area contributed by atoms with Gasteiger partial charge in [-0.05, 0) is 18.2 Å². The minimum atomic E-state index is 0.235. The lowest BCUT2D eigenvalue weighted by atomic mass is 10.4. The third-order valence-corrected chi connectivity index (χ3v) is 1.73. The molecule has 0 spiro atoms. The summed E-state index contributed by atoms with van der Waals surface area (Å²) < 4.78 is 6.45. The zero-order valence-corrected chi connectivity index (χ0v) is 7.30. The SMILES string of the molecule is COCOn1ccc2ncccc21. The highest BCUT2D eigenvalue weighted by Crippen LogP contribution is 2.10. The Balaban J connectivity index is 2.35. The van der Waals surface area contributed by atoms with Gasteiger partial charge in [-0.15, -0.1) is 0 Å². The zero-order valence-electron chi connectivity index (χ0n) is 7.30. The van der Waals surface area contributed by atoms with E-state index in [-0.39, 0.29) is 6.79 Å². The highest BCUT2D eigenvalue weighted by Gasteiger charge is 1.99. The Morgan fingerprint density at radius 3 is 3.23 bits per heavy atom. The van der Waals surface area contributed by atoms with Crippen LogP contribution in [0.1, 0.15) is 0 Å². The minimum absolute atomic E-state index is 0.235. The van der Waals surface area contributed by atoms with Crippen LogP contribution in [0.5, 0.6) is 0 Å². The molecule has 0 unspecified atom stereocenters. The minimum Gasteiger partial charge on any atom is -0.385 e. The van der Waals surface area contributed by atoms with Crippen molar-refractivity contribution in [3.05, 3.63) is 30.6 Å². The number of nitrogens with zero attached hydrogens (tertiary/aromatic N) is 2. The van der Waals surface area contributed by atoms with Crippen LogP contribution in [-0.2, 0) is 4.74 Å². The third-order valence-electron chi connectivity index (χ3n) is 1.73. The van der Waals surface area contributed by atoms with Crippen molar-refractivity contribution in [1.82, 2.24) is 9.71 Å². The van der Waals surface area contributed by atoms with Gasteiger partial charge in [-0.1, -0.05) is 0 Å². The van der Waals surface area contributed by atoms with E-state index in [1.807, 2.05) is 24.4 Å². The summed E-state index contributed by atoms with van der Waals surface area (Å²) in [4.78, 5) is 9.43. The molecular formula is C9H10N2O2. The first-order valence-electron chi connectivity index (χ1n) is 3.96. The van der Waals surface area contributed by atoms with E-state index in [0.29, 0.717) is 0 Å². The van der Waals surface area contributed by atoms with Gasteiger partial charge in [0.15, 0.2) is 0 Å². The topological polar surface area (TPSA) is 36.3 Å². The summed E-state index contributed by atoms with van der Waals surface area (Å²) in [5.74, 6) is 0. The van der Waals surface area contributed by atoms with Gasteiger partial charge in [-0.2, -0.15) is 4.73 Å². The van der Waals surface area contributed by atoms with E-state index in [1.165, 1.54) is 0 Å². The number of hydrogen-bond acceptors (Lipinski definition) is 3. The molecule has 0 aliphatic rings. The summed E-state index contributed by atoms with van der Waals surface area (Å²) in [5, 5.41) is 0. The van der Waals surface area contributed by atoms with Crippen molar-refractivity contribution in [2.24, 2.45) is 0 Å². The van der Waals surface area contributed by atoms with E-state index >= 15 is 0 Å². The van der Waals surface area contributed by atoms with Crippen LogP contribution in [0, 0.1) is 0 Å². The smallest absolute Gasteiger partial charge is 0.214 e. The molecule has 4 heteroatoms. The largest absolute Gasteiger partial charge is 0.385 e. The molecule has 2 heterocycles. The standard InChI is InChI=1S/C9H10N2O2/c1-12-7-13-11-6-4-8-9(11)3-2-5-10-8/h2-6H,7H2,1H3. The van der Waals surface area contributed by atoms with E-state index in [9.17, 15) is 0 Å². The van der Waals surface area contributed by atoms with Crippen molar-refractivity contribution in [3.8, 4) is 0 Å². The zero-order chi connectivity index (χ0) is 9.10. The second kappa shape index (κ2) is 3.45. The molecule has 0 aliphatic carbocycles. The molecule has 0 N–H and O–H groups in total. The van der Waals surface area contributed by atoms with Gasteiger partial charge in [0.25, 0.3) is 0 Å². The van der Waals surface area contributed by atoms with E-state index in [0.717, 1.165) is 11.0 Å². The molecule has 0 aliphatic heterocycles. The van der Waals surface area contributed by atoms with Crippen molar-refractivity contribution in [2.45, 2.75) is 0 Å². The van der Waals surface area contributed by atoms with Crippen LogP contribution in [0.25, 0.3) is 11.0 Å². The van der Waals surface area contributed by atoms with Crippen LogP contribution in [0.15, 0.2) is 30.6 Å². The first-order valence-corrected chi connectivity index (χ1v) is 3.96. The Kier molecular flexibility index (Phi) is 2.14. The fourth-order valence-corrected chi connectivity index (χ4v) is 1.16. The highest BCUT2D eigenvalue weighted by molar-refractivity contribution is 5.74. The van der Waals surface area contributed by atoms with Crippen LogP contribution in [0.3, 0.4) is 0 Å². The number of hydrogen-bond donors (Lipinski definition) is 0. The Morgan fingerprint density at radius 1 is 1.46 bits per heavy atom. The number of ether oxygens (including phenoxy) is 1. The lowest BCUT2D eigenvalue weighted by Gasteiger charge is -2.05. The number of methoxy groups -OCH3 is 1. The molecule has 0 fully saturated rings. The molecule has 0 aromatic carbocycles. The van der Waals surface area contributed by atoms with Crippen molar-refractivity contribution < 1.29 is 9.57 Å². The van der Waals surface area contributed by atoms with E-state index < -0.39 is 0 Å². The molecule has 0 bridgehead atoms. The number of pyridine rings is 1. The van der Waals surface area contributed by atoms with Crippen LogP contribution in [0.4, 0.5) is 0 Å². The summed E-state index contributed by atoms with van der Waals surface area (Å²) in [6.07, 6.45) is 3.57.